The molecule has 1 heterocycles. The number of carbonyl (C=O) groups excluding carboxylic acids is 1. The van der Waals surface area contributed by atoms with E-state index in [0.29, 0.717) is 23.7 Å². The van der Waals surface area contributed by atoms with Crippen molar-refractivity contribution in [2.45, 2.75) is 30.7 Å². The predicted molar refractivity (Wildman–Crippen MR) is 100 cm³/mol. The van der Waals surface area contributed by atoms with Crippen LogP contribution in [0.5, 0.6) is 11.5 Å². The SMILES string of the molecule is COC1=C(OC)C(=O)[C@H]2[C@H]3Cc4cc(OC)c(OC)cc4[C@@]2(CCN3C)C1. The molecular weight excluding hydrogens is 346 g/mol. The fourth-order valence-electron chi connectivity index (χ4n) is 5.42. The van der Waals surface area contributed by atoms with Crippen molar-refractivity contribution >= 4 is 5.78 Å². The first kappa shape index (κ1) is 18.2. The van der Waals surface area contributed by atoms with E-state index in [-0.39, 0.29) is 23.2 Å². The molecule has 0 radical (unpaired) electrons. The molecule has 1 fully saturated rings. The van der Waals surface area contributed by atoms with E-state index < -0.39 is 0 Å². The Labute approximate surface area is 160 Å². The molecule has 2 bridgehead atoms. The van der Waals surface area contributed by atoms with Crippen LogP contribution in [0.25, 0.3) is 0 Å². The van der Waals surface area contributed by atoms with Gasteiger partial charge in [0.05, 0.1) is 34.4 Å². The maximum Gasteiger partial charge on any atom is 0.206 e. The van der Waals surface area contributed by atoms with Gasteiger partial charge in [-0.2, -0.15) is 0 Å². The molecular formula is C21H27NO5. The Morgan fingerprint density at radius 1 is 1.04 bits per heavy atom. The summed E-state index contributed by atoms with van der Waals surface area (Å²) in [6.07, 6.45) is 2.36. The highest BCUT2D eigenvalue weighted by Crippen LogP contribution is 2.57. The Morgan fingerprint density at radius 2 is 1.74 bits per heavy atom. The minimum absolute atomic E-state index is 0.0533. The van der Waals surface area contributed by atoms with Crippen molar-refractivity contribution in [2.75, 3.05) is 42.0 Å². The van der Waals surface area contributed by atoms with Gasteiger partial charge in [-0.05, 0) is 49.7 Å². The number of rotatable bonds is 4. The molecule has 0 aromatic heterocycles. The third-order valence-corrected chi connectivity index (χ3v) is 6.72. The maximum atomic E-state index is 13.5. The molecule has 0 saturated carbocycles. The van der Waals surface area contributed by atoms with Crippen molar-refractivity contribution in [1.29, 1.82) is 0 Å². The molecule has 3 atom stereocenters. The zero-order valence-electron chi connectivity index (χ0n) is 16.6. The van der Waals surface area contributed by atoms with Crippen LogP contribution in [0.15, 0.2) is 23.7 Å². The molecule has 0 unspecified atom stereocenters. The third kappa shape index (κ3) is 2.39. The Hall–Kier alpha value is -2.21. The van der Waals surface area contributed by atoms with Crippen LogP contribution in [0.3, 0.4) is 0 Å². The fraction of sp³-hybridized carbons (Fsp3) is 0.571. The molecule has 2 aliphatic carbocycles. The molecule has 1 aromatic carbocycles. The summed E-state index contributed by atoms with van der Waals surface area (Å²) < 4.78 is 22.2. The van der Waals surface area contributed by atoms with Crippen molar-refractivity contribution in [3.63, 3.8) is 0 Å². The highest BCUT2D eigenvalue weighted by Gasteiger charge is 2.59. The van der Waals surface area contributed by atoms with Gasteiger partial charge < -0.3 is 23.8 Å². The quantitative estimate of drug-likeness (QED) is 0.807. The molecule has 6 heteroatoms. The molecule has 4 rings (SSSR count). The van der Waals surface area contributed by atoms with Gasteiger partial charge in [0, 0.05) is 17.9 Å². The standard InChI is InChI=1S/C21H27NO5/c1-22-7-6-21-11-17(26-4)20(27-5)19(23)18(21)14(22)8-12-9-15(24-2)16(25-3)10-13(12)21/h9-10,14,18H,6-8,11H2,1-5H3/t14-,18-,21-/m1/s1. The van der Waals surface area contributed by atoms with Gasteiger partial charge >= 0.3 is 0 Å². The number of carbonyl (C=O) groups is 1. The van der Waals surface area contributed by atoms with Crippen LogP contribution in [0, 0.1) is 5.92 Å². The number of allylic oxidation sites excluding steroid dienone is 2. The van der Waals surface area contributed by atoms with Crippen molar-refractivity contribution in [2.24, 2.45) is 5.92 Å². The second kappa shape index (κ2) is 6.44. The second-order valence-electron chi connectivity index (χ2n) is 7.70. The molecule has 0 spiro atoms. The summed E-state index contributed by atoms with van der Waals surface area (Å²) in [4.78, 5) is 15.8. The first-order valence-corrected chi connectivity index (χ1v) is 9.31. The molecule has 27 heavy (non-hydrogen) atoms. The number of hydrogen-bond donors (Lipinski definition) is 0. The van der Waals surface area contributed by atoms with Gasteiger partial charge in [0.25, 0.3) is 0 Å². The number of likely N-dealkylation sites (tertiary alicyclic amines) is 1. The average molecular weight is 373 g/mol. The Kier molecular flexibility index (Phi) is 4.34. The number of piperidine rings is 1. The van der Waals surface area contributed by atoms with E-state index in [2.05, 4.69) is 24.1 Å². The summed E-state index contributed by atoms with van der Waals surface area (Å²) in [5, 5.41) is 0. The molecule has 1 aromatic rings. The number of ketones is 1. The molecule has 1 saturated heterocycles. The van der Waals surface area contributed by atoms with Gasteiger partial charge in [0.1, 0.15) is 5.76 Å². The number of benzene rings is 1. The van der Waals surface area contributed by atoms with E-state index in [1.807, 2.05) is 0 Å². The van der Waals surface area contributed by atoms with Gasteiger partial charge in [0.15, 0.2) is 17.3 Å². The predicted octanol–water partition coefficient (Wildman–Crippen LogP) is 2.30. The Morgan fingerprint density at radius 3 is 2.37 bits per heavy atom. The lowest BCUT2D eigenvalue weighted by Gasteiger charge is -2.57. The largest absolute Gasteiger partial charge is 0.497 e. The van der Waals surface area contributed by atoms with Gasteiger partial charge in [-0.1, -0.05) is 0 Å². The lowest BCUT2D eigenvalue weighted by atomic mass is 9.52. The van der Waals surface area contributed by atoms with Crippen LogP contribution in [-0.4, -0.2) is 58.8 Å². The second-order valence-corrected chi connectivity index (χ2v) is 7.70. The number of methoxy groups -OCH3 is 4. The molecule has 146 valence electrons. The minimum atomic E-state index is -0.297. The van der Waals surface area contributed by atoms with Crippen LogP contribution in [-0.2, 0) is 26.1 Å². The van der Waals surface area contributed by atoms with Gasteiger partial charge in [-0.3, -0.25) is 4.79 Å². The zero-order valence-corrected chi connectivity index (χ0v) is 16.6. The number of hydrogen-bond acceptors (Lipinski definition) is 6. The van der Waals surface area contributed by atoms with E-state index in [4.69, 9.17) is 18.9 Å². The van der Waals surface area contributed by atoms with Crippen LogP contribution >= 0.6 is 0 Å². The first-order valence-electron chi connectivity index (χ1n) is 9.31. The Bertz CT molecular complexity index is 817. The number of likely N-dealkylation sites (N-methyl/N-ethyl adjacent to an activating group) is 1. The number of nitrogens with zero attached hydrogens (tertiary/aromatic N) is 1. The van der Waals surface area contributed by atoms with E-state index in [0.717, 1.165) is 25.1 Å². The monoisotopic (exact) mass is 373 g/mol. The average Bonchev–Trinajstić information content (AvgIpc) is 2.69. The molecule has 0 amide bonds. The number of ether oxygens (including phenoxy) is 4. The molecule has 0 N–H and O–H groups in total. The van der Waals surface area contributed by atoms with Crippen molar-refractivity contribution in [3.8, 4) is 11.5 Å². The highest BCUT2D eigenvalue weighted by atomic mass is 16.5. The van der Waals surface area contributed by atoms with E-state index >= 15 is 0 Å². The third-order valence-electron chi connectivity index (χ3n) is 6.72. The lowest BCUT2D eigenvalue weighted by Crippen LogP contribution is -2.63. The summed E-state index contributed by atoms with van der Waals surface area (Å²) in [6.45, 7) is 0.946. The number of fused-ring (bicyclic) bond motifs is 1. The maximum absolute atomic E-state index is 13.5. The van der Waals surface area contributed by atoms with Crippen molar-refractivity contribution < 1.29 is 23.7 Å². The van der Waals surface area contributed by atoms with Gasteiger partial charge in [0.2, 0.25) is 5.78 Å². The van der Waals surface area contributed by atoms with Gasteiger partial charge in [-0.15, -0.1) is 0 Å². The van der Waals surface area contributed by atoms with E-state index in [9.17, 15) is 4.79 Å². The minimum Gasteiger partial charge on any atom is -0.497 e. The summed E-state index contributed by atoms with van der Waals surface area (Å²) >= 11 is 0. The van der Waals surface area contributed by atoms with Crippen LogP contribution < -0.4 is 9.47 Å². The summed E-state index contributed by atoms with van der Waals surface area (Å²) in [5.41, 5.74) is 2.12. The smallest absolute Gasteiger partial charge is 0.206 e. The fourth-order valence-corrected chi connectivity index (χ4v) is 5.42. The van der Waals surface area contributed by atoms with Crippen molar-refractivity contribution in [1.82, 2.24) is 4.90 Å². The highest BCUT2D eigenvalue weighted by molar-refractivity contribution is 5.99. The Balaban J connectivity index is 1.96. The van der Waals surface area contributed by atoms with E-state index in [1.54, 1.807) is 28.4 Å². The normalized spacial score (nSPS) is 29.7. The first-order chi connectivity index (χ1) is 13.0. The van der Waals surface area contributed by atoms with Crippen molar-refractivity contribution in [3.05, 3.63) is 34.8 Å². The molecule has 6 nitrogen and oxygen atoms in total. The van der Waals surface area contributed by atoms with Gasteiger partial charge in [-0.25, -0.2) is 0 Å². The summed E-state index contributed by atoms with van der Waals surface area (Å²) in [5.74, 6) is 2.36. The molecule has 1 aliphatic heterocycles. The van der Waals surface area contributed by atoms with Crippen LogP contribution in [0.4, 0.5) is 0 Å². The molecule has 3 aliphatic rings. The van der Waals surface area contributed by atoms with Crippen LogP contribution in [0.2, 0.25) is 0 Å². The summed E-state index contributed by atoms with van der Waals surface area (Å²) in [7, 11) is 8.57. The lowest BCUT2D eigenvalue weighted by molar-refractivity contribution is -0.133. The zero-order chi connectivity index (χ0) is 19.3. The topological polar surface area (TPSA) is 57.2 Å². The number of Topliss-reactive ketones (excluding diaryl/α,β-unsaturated/α-hetero) is 1. The van der Waals surface area contributed by atoms with Crippen LogP contribution in [0.1, 0.15) is 24.0 Å². The van der Waals surface area contributed by atoms with E-state index in [1.165, 1.54) is 11.1 Å². The summed E-state index contributed by atoms with van der Waals surface area (Å²) in [6, 6.07) is 4.28.